The van der Waals surface area contributed by atoms with Crippen molar-refractivity contribution in [2.45, 2.75) is 38.8 Å². The van der Waals surface area contributed by atoms with E-state index in [1.54, 1.807) is 0 Å². The minimum Gasteiger partial charge on any atom is -0.508 e. The number of phenolic OH excluding ortho intramolecular Hbond substituents is 1. The third-order valence-electron chi connectivity index (χ3n) is 4.04. The summed E-state index contributed by atoms with van der Waals surface area (Å²) in [5.41, 5.74) is 0.674. The SMILES string of the molecule is CCN(C1CCCNC1)C(C)c1cc(F)ccc1O. The van der Waals surface area contributed by atoms with Crippen molar-refractivity contribution in [3.63, 3.8) is 0 Å². The molecule has 2 unspecified atom stereocenters. The highest BCUT2D eigenvalue weighted by atomic mass is 19.1. The van der Waals surface area contributed by atoms with Crippen LogP contribution in [0.15, 0.2) is 18.2 Å². The summed E-state index contributed by atoms with van der Waals surface area (Å²) in [6.45, 7) is 7.08. The number of nitrogens with one attached hydrogen (secondary N) is 1. The molecule has 0 saturated carbocycles. The molecule has 1 fully saturated rings. The number of piperidine rings is 1. The van der Waals surface area contributed by atoms with Crippen LogP contribution in [0, 0.1) is 5.82 Å². The molecular weight excluding hydrogens is 243 g/mol. The molecule has 1 heterocycles. The Balaban J connectivity index is 2.19. The van der Waals surface area contributed by atoms with Gasteiger partial charge in [0.05, 0.1) is 0 Å². The largest absolute Gasteiger partial charge is 0.508 e. The van der Waals surface area contributed by atoms with Crippen LogP contribution < -0.4 is 5.32 Å². The first-order valence-corrected chi connectivity index (χ1v) is 7.08. The Morgan fingerprint density at radius 2 is 2.32 bits per heavy atom. The molecule has 1 aliphatic heterocycles. The molecule has 0 aromatic heterocycles. The third-order valence-corrected chi connectivity index (χ3v) is 4.04. The molecular formula is C15H23FN2O. The topological polar surface area (TPSA) is 35.5 Å². The van der Waals surface area contributed by atoms with E-state index in [4.69, 9.17) is 0 Å². The summed E-state index contributed by atoms with van der Waals surface area (Å²) in [5.74, 6) is -0.117. The molecule has 3 nitrogen and oxygen atoms in total. The lowest BCUT2D eigenvalue weighted by atomic mass is 9.99. The minimum atomic E-state index is -0.294. The molecule has 0 bridgehead atoms. The number of likely N-dealkylation sites (N-methyl/N-ethyl adjacent to an activating group) is 1. The van der Waals surface area contributed by atoms with Crippen molar-refractivity contribution in [1.82, 2.24) is 10.2 Å². The highest BCUT2D eigenvalue weighted by Crippen LogP contribution is 2.31. The van der Waals surface area contributed by atoms with E-state index in [-0.39, 0.29) is 17.6 Å². The van der Waals surface area contributed by atoms with Crippen LogP contribution in [0.3, 0.4) is 0 Å². The Morgan fingerprint density at radius 3 is 2.95 bits per heavy atom. The fourth-order valence-electron chi connectivity index (χ4n) is 3.00. The lowest BCUT2D eigenvalue weighted by Crippen LogP contribution is -2.46. The number of phenols is 1. The maximum absolute atomic E-state index is 13.4. The van der Waals surface area contributed by atoms with Crippen LogP contribution in [0.1, 0.15) is 38.3 Å². The molecule has 1 saturated heterocycles. The zero-order valence-corrected chi connectivity index (χ0v) is 11.7. The summed E-state index contributed by atoms with van der Waals surface area (Å²) >= 11 is 0. The maximum Gasteiger partial charge on any atom is 0.123 e. The zero-order valence-electron chi connectivity index (χ0n) is 11.7. The summed E-state index contributed by atoms with van der Waals surface area (Å²) < 4.78 is 13.4. The van der Waals surface area contributed by atoms with Gasteiger partial charge in [-0.05, 0) is 51.1 Å². The first kappa shape index (κ1) is 14.3. The summed E-state index contributed by atoms with van der Waals surface area (Å²) in [4.78, 5) is 2.33. The molecule has 0 amide bonds. The Hall–Kier alpha value is -1.13. The predicted molar refractivity (Wildman–Crippen MR) is 74.8 cm³/mol. The molecule has 4 heteroatoms. The summed E-state index contributed by atoms with van der Waals surface area (Å²) in [5, 5.41) is 13.3. The fraction of sp³-hybridized carbons (Fsp3) is 0.600. The monoisotopic (exact) mass is 266 g/mol. The van der Waals surface area contributed by atoms with Crippen LogP contribution in [0.4, 0.5) is 4.39 Å². The van der Waals surface area contributed by atoms with Crippen molar-refractivity contribution >= 4 is 0 Å². The van der Waals surface area contributed by atoms with Crippen molar-refractivity contribution in [2.24, 2.45) is 0 Å². The number of nitrogens with zero attached hydrogens (tertiary/aromatic N) is 1. The van der Waals surface area contributed by atoms with Crippen LogP contribution in [0.5, 0.6) is 5.75 Å². The van der Waals surface area contributed by atoms with Gasteiger partial charge in [-0.15, -0.1) is 0 Å². The van der Waals surface area contributed by atoms with E-state index in [0.717, 1.165) is 26.1 Å². The molecule has 1 aliphatic rings. The van der Waals surface area contributed by atoms with Crippen LogP contribution in [0.2, 0.25) is 0 Å². The van der Waals surface area contributed by atoms with Gasteiger partial charge in [-0.3, -0.25) is 4.90 Å². The summed E-state index contributed by atoms with van der Waals surface area (Å²) in [6, 6.07) is 4.65. The normalized spacial score (nSPS) is 21.6. The van der Waals surface area contributed by atoms with Crippen LogP contribution in [-0.2, 0) is 0 Å². The van der Waals surface area contributed by atoms with E-state index in [0.29, 0.717) is 11.6 Å². The standard InChI is InChI=1S/C15H23FN2O/c1-3-18(13-5-4-8-17-10-13)11(2)14-9-12(16)6-7-15(14)19/h6-7,9,11,13,17,19H,3-5,8,10H2,1-2H3. The number of halogens is 1. The first-order chi connectivity index (χ1) is 9.13. The van der Waals surface area contributed by atoms with Gasteiger partial charge in [-0.1, -0.05) is 6.92 Å². The average Bonchev–Trinajstić information content (AvgIpc) is 2.43. The van der Waals surface area contributed by atoms with E-state index in [2.05, 4.69) is 17.1 Å². The molecule has 2 rings (SSSR count). The Kier molecular flexibility index (Phi) is 4.77. The molecule has 2 atom stereocenters. The van der Waals surface area contributed by atoms with E-state index >= 15 is 0 Å². The average molecular weight is 266 g/mol. The minimum absolute atomic E-state index is 0.0191. The van der Waals surface area contributed by atoms with E-state index in [1.165, 1.54) is 24.6 Å². The van der Waals surface area contributed by atoms with Gasteiger partial charge in [-0.25, -0.2) is 4.39 Å². The lowest BCUT2D eigenvalue weighted by molar-refractivity contribution is 0.126. The second kappa shape index (κ2) is 6.35. The summed E-state index contributed by atoms with van der Waals surface area (Å²) in [7, 11) is 0. The van der Waals surface area contributed by atoms with Crippen molar-refractivity contribution in [3.05, 3.63) is 29.6 Å². The van der Waals surface area contributed by atoms with Crippen molar-refractivity contribution in [3.8, 4) is 5.75 Å². The van der Waals surface area contributed by atoms with Gasteiger partial charge in [0.25, 0.3) is 0 Å². The summed E-state index contributed by atoms with van der Waals surface area (Å²) in [6.07, 6.45) is 2.32. The quantitative estimate of drug-likeness (QED) is 0.879. The number of hydrogen-bond acceptors (Lipinski definition) is 3. The van der Waals surface area contributed by atoms with Gasteiger partial charge < -0.3 is 10.4 Å². The van der Waals surface area contributed by atoms with Crippen LogP contribution >= 0.6 is 0 Å². The Morgan fingerprint density at radius 1 is 1.53 bits per heavy atom. The second-order valence-corrected chi connectivity index (χ2v) is 5.21. The van der Waals surface area contributed by atoms with E-state index < -0.39 is 0 Å². The van der Waals surface area contributed by atoms with Gasteiger partial charge in [0, 0.05) is 24.2 Å². The molecule has 106 valence electrons. The third kappa shape index (κ3) is 3.25. The Labute approximate surface area is 114 Å². The van der Waals surface area contributed by atoms with Gasteiger partial charge in [-0.2, -0.15) is 0 Å². The highest BCUT2D eigenvalue weighted by Gasteiger charge is 2.26. The molecule has 1 aromatic rings. The van der Waals surface area contributed by atoms with Gasteiger partial charge in [0.1, 0.15) is 11.6 Å². The maximum atomic E-state index is 13.4. The number of hydrogen-bond donors (Lipinski definition) is 2. The Bertz CT molecular complexity index is 419. The van der Waals surface area contributed by atoms with Crippen molar-refractivity contribution < 1.29 is 9.50 Å². The lowest BCUT2D eigenvalue weighted by Gasteiger charge is -2.38. The smallest absolute Gasteiger partial charge is 0.123 e. The molecule has 0 spiro atoms. The van der Waals surface area contributed by atoms with Gasteiger partial charge in [0.15, 0.2) is 0 Å². The van der Waals surface area contributed by atoms with Gasteiger partial charge in [0.2, 0.25) is 0 Å². The van der Waals surface area contributed by atoms with E-state index in [9.17, 15) is 9.50 Å². The fourth-order valence-corrected chi connectivity index (χ4v) is 3.00. The predicted octanol–water partition coefficient (Wildman–Crippen LogP) is 2.67. The first-order valence-electron chi connectivity index (χ1n) is 7.08. The molecule has 0 aliphatic carbocycles. The number of benzene rings is 1. The van der Waals surface area contributed by atoms with Crippen molar-refractivity contribution in [2.75, 3.05) is 19.6 Å². The molecule has 0 radical (unpaired) electrons. The molecule has 1 aromatic carbocycles. The van der Waals surface area contributed by atoms with Gasteiger partial charge >= 0.3 is 0 Å². The highest BCUT2D eigenvalue weighted by molar-refractivity contribution is 5.35. The number of rotatable bonds is 4. The van der Waals surface area contributed by atoms with Crippen LogP contribution in [-0.4, -0.2) is 35.7 Å². The second-order valence-electron chi connectivity index (χ2n) is 5.21. The van der Waals surface area contributed by atoms with Crippen LogP contribution in [0.25, 0.3) is 0 Å². The van der Waals surface area contributed by atoms with Crippen molar-refractivity contribution in [1.29, 1.82) is 0 Å². The number of aromatic hydroxyl groups is 1. The molecule has 19 heavy (non-hydrogen) atoms. The zero-order chi connectivity index (χ0) is 13.8. The molecule has 2 N–H and O–H groups in total. The van der Waals surface area contributed by atoms with E-state index in [1.807, 2.05) is 6.92 Å².